The molecule has 3 saturated heterocycles. The quantitative estimate of drug-likeness (QED) is 0.315. The molecule has 1 aromatic rings. The van der Waals surface area contributed by atoms with Crippen LogP contribution in [0, 0.1) is 23.7 Å². The number of esters is 1. The zero-order chi connectivity index (χ0) is 29.5. The molecule has 0 amide bonds. The number of hydrogen-bond acceptors (Lipinski definition) is 9. The first-order valence-corrected chi connectivity index (χ1v) is 14.5. The number of hydrogen-bond donors (Lipinski definition) is 2. The average Bonchev–Trinajstić information content (AvgIpc) is 3.46. The van der Waals surface area contributed by atoms with E-state index in [0.717, 1.165) is 0 Å². The van der Waals surface area contributed by atoms with Gasteiger partial charge in [-0.05, 0) is 37.8 Å². The lowest BCUT2D eigenvalue weighted by Gasteiger charge is -2.61. The summed E-state index contributed by atoms with van der Waals surface area (Å²) in [5.74, 6) is -4.94. The van der Waals surface area contributed by atoms with Gasteiger partial charge >= 0.3 is 11.9 Å². The molecule has 0 aromatic heterocycles. The monoisotopic (exact) mass is 566 g/mol. The Morgan fingerprint density at radius 3 is 2.46 bits per heavy atom. The second-order valence-electron chi connectivity index (χ2n) is 13.5. The van der Waals surface area contributed by atoms with Crippen molar-refractivity contribution in [2.45, 2.75) is 101 Å². The molecule has 3 aliphatic carbocycles. The fourth-order valence-electron chi connectivity index (χ4n) is 8.77. The van der Waals surface area contributed by atoms with Crippen molar-refractivity contribution < 1.29 is 43.5 Å². The fourth-order valence-corrected chi connectivity index (χ4v) is 8.77. The maximum Gasteiger partial charge on any atom is 0.314 e. The van der Waals surface area contributed by atoms with Crippen LogP contribution in [0.5, 0.6) is 0 Å². The predicted molar refractivity (Wildman–Crippen MR) is 144 cm³/mol. The first-order valence-electron chi connectivity index (χ1n) is 14.5. The molecular formula is C32H38O9. The van der Waals surface area contributed by atoms with Crippen molar-refractivity contribution in [3.05, 3.63) is 59.7 Å². The molecule has 5 fully saturated rings. The number of carbonyl (C=O) groups is 2. The maximum atomic E-state index is 13.7. The highest BCUT2D eigenvalue weighted by molar-refractivity contribution is 6.05. The Labute approximate surface area is 239 Å². The molecule has 6 aliphatic rings. The number of ketones is 1. The highest BCUT2D eigenvalue weighted by Gasteiger charge is 2.90. The Balaban J connectivity index is 1.52. The number of epoxide rings is 1. The van der Waals surface area contributed by atoms with E-state index in [-0.39, 0.29) is 12.3 Å². The first-order chi connectivity index (χ1) is 19.2. The summed E-state index contributed by atoms with van der Waals surface area (Å²) in [5, 5.41) is 24.0. The smallest absolute Gasteiger partial charge is 0.314 e. The molecular weight excluding hydrogens is 528 g/mol. The molecule has 41 heavy (non-hydrogen) atoms. The molecule has 3 heterocycles. The molecule has 3 aliphatic heterocycles. The number of rotatable bonds is 5. The molecule has 0 spiro atoms. The highest BCUT2D eigenvalue weighted by Crippen LogP contribution is 2.74. The average molecular weight is 567 g/mol. The third-order valence-corrected chi connectivity index (χ3v) is 10.7. The maximum absolute atomic E-state index is 13.7. The summed E-state index contributed by atoms with van der Waals surface area (Å²) in [7, 11) is 0. The molecule has 2 saturated carbocycles. The van der Waals surface area contributed by atoms with E-state index in [1.54, 1.807) is 19.9 Å². The zero-order valence-corrected chi connectivity index (χ0v) is 24.2. The molecule has 0 radical (unpaired) electrons. The normalized spacial score (nSPS) is 50.5. The minimum Gasteiger partial charge on any atom is -0.458 e. The molecule has 220 valence electrons. The van der Waals surface area contributed by atoms with Crippen molar-refractivity contribution in [1.82, 2.24) is 0 Å². The van der Waals surface area contributed by atoms with Gasteiger partial charge in [0, 0.05) is 29.7 Å². The lowest BCUT2D eigenvalue weighted by Crippen LogP contribution is -2.76. The van der Waals surface area contributed by atoms with E-state index >= 15 is 0 Å². The number of carbonyl (C=O) groups excluding carboxylic acids is 2. The lowest BCUT2D eigenvalue weighted by molar-refractivity contribution is -0.440. The molecule has 9 heteroatoms. The van der Waals surface area contributed by atoms with E-state index in [4.69, 9.17) is 23.7 Å². The van der Waals surface area contributed by atoms with Crippen molar-refractivity contribution in [2.75, 3.05) is 0 Å². The van der Waals surface area contributed by atoms with Gasteiger partial charge in [-0.3, -0.25) is 9.59 Å². The van der Waals surface area contributed by atoms with Gasteiger partial charge < -0.3 is 33.9 Å². The van der Waals surface area contributed by atoms with Gasteiger partial charge in [0.05, 0.1) is 11.7 Å². The van der Waals surface area contributed by atoms with Crippen LogP contribution in [0.15, 0.2) is 54.1 Å². The van der Waals surface area contributed by atoms with Crippen molar-refractivity contribution >= 4 is 11.8 Å². The molecule has 1 aromatic carbocycles. The van der Waals surface area contributed by atoms with Crippen LogP contribution in [0.2, 0.25) is 0 Å². The predicted octanol–water partition coefficient (Wildman–Crippen LogP) is 2.93. The van der Waals surface area contributed by atoms with Gasteiger partial charge in [0.1, 0.15) is 23.9 Å². The van der Waals surface area contributed by atoms with Crippen LogP contribution in [0.4, 0.5) is 0 Å². The summed E-state index contributed by atoms with van der Waals surface area (Å²) in [6.07, 6.45) is -2.01. The number of aliphatic hydroxyl groups excluding tert-OH is 1. The summed E-state index contributed by atoms with van der Waals surface area (Å²) < 4.78 is 33.4. The fraction of sp³-hybridized carbons (Fsp3) is 0.625. The molecule has 9 nitrogen and oxygen atoms in total. The van der Waals surface area contributed by atoms with Crippen LogP contribution < -0.4 is 0 Å². The highest BCUT2D eigenvalue weighted by atomic mass is 16.9. The minimum atomic E-state index is -2.24. The van der Waals surface area contributed by atoms with E-state index in [1.807, 2.05) is 58.0 Å². The number of Topliss-reactive ketones (excluding diaryl/α,β-unsaturated/α-hetero) is 1. The number of aliphatic hydroxyl groups is 2. The van der Waals surface area contributed by atoms with E-state index in [2.05, 4.69) is 6.58 Å². The van der Waals surface area contributed by atoms with Crippen molar-refractivity contribution in [3.63, 3.8) is 0 Å². The molecule has 3 bridgehead atoms. The molecule has 7 rings (SSSR count). The van der Waals surface area contributed by atoms with Crippen LogP contribution in [0.25, 0.3) is 0 Å². The van der Waals surface area contributed by atoms with Gasteiger partial charge in [-0.25, -0.2) is 0 Å². The second kappa shape index (κ2) is 8.15. The Hall–Kier alpha value is -2.40. The largest absolute Gasteiger partial charge is 0.458 e. The molecule has 12 atom stereocenters. The Morgan fingerprint density at radius 2 is 1.83 bits per heavy atom. The summed E-state index contributed by atoms with van der Waals surface area (Å²) in [6, 6.07) is 9.20. The van der Waals surface area contributed by atoms with Gasteiger partial charge in [0.2, 0.25) is 0 Å². The second-order valence-corrected chi connectivity index (χ2v) is 13.5. The Morgan fingerprint density at radius 1 is 1.15 bits per heavy atom. The summed E-state index contributed by atoms with van der Waals surface area (Å²) in [4.78, 5) is 27.0. The minimum absolute atomic E-state index is 0.0574. The Kier molecular flexibility index (Phi) is 5.46. The third-order valence-electron chi connectivity index (χ3n) is 10.7. The summed E-state index contributed by atoms with van der Waals surface area (Å²) in [6.45, 7) is 15.2. The van der Waals surface area contributed by atoms with Gasteiger partial charge in [0.15, 0.2) is 17.0 Å². The summed E-state index contributed by atoms with van der Waals surface area (Å²) >= 11 is 0. The standard InChI is InChI=1S/C32H38O9/c1-15(2)13-21(33)37-24-18(6)31-20-14-17(5)23(34)29(20,36)27(35)28(7)25(38-28)22(31)26-30(24,16(3)4)40-32(39-26,41-31)19-11-9-8-10-12-19/h8-12,14-15,18,20,22,24-27,35-36H,3,13H2,1-2,4-7H3/t18-,20-,22+,24+,25+,26-,27-,28+,29-,30+,31+,32?/m1/s1. The van der Waals surface area contributed by atoms with Crippen LogP contribution in [0.3, 0.4) is 0 Å². The topological polar surface area (TPSA) is 124 Å². The molecule has 1 unspecified atom stereocenters. The summed E-state index contributed by atoms with van der Waals surface area (Å²) in [5.41, 5.74) is -4.73. The SMILES string of the molecule is C=C(C)[C@@]12OC3(c4ccccc4)O[C@@H]1[C@@H]1[C@@H]4O[C@]4(C)[C@@H](O)[C@]4(O)C(=O)C(C)=C[C@H]4[C@@]1(O3)[C@H](C)[C@@H]2OC(=O)CC(C)C. The van der Waals surface area contributed by atoms with Gasteiger partial charge in [-0.2, -0.15) is 0 Å². The number of benzene rings is 1. The van der Waals surface area contributed by atoms with E-state index < -0.39 is 82.3 Å². The number of fused-ring (bicyclic) bond motifs is 3. The van der Waals surface area contributed by atoms with Crippen LogP contribution in [-0.4, -0.2) is 68.8 Å². The van der Waals surface area contributed by atoms with E-state index in [1.165, 1.54) is 0 Å². The third kappa shape index (κ3) is 3.02. The van der Waals surface area contributed by atoms with Gasteiger partial charge in [-0.15, -0.1) is 0 Å². The van der Waals surface area contributed by atoms with E-state index in [9.17, 15) is 19.8 Å². The van der Waals surface area contributed by atoms with Crippen LogP contribution in [-0.2, 0) is 39.2 Å². The van der Waals surface area contributed by atoms with Gasteiger partial charge in [-0.1, -0.05) is 63.8 Å². The van der Waals surface area contributed by atoms with E-state index in [0.29, 0.717) is 16.7 Å². The van der Waals surface area contributed by atoms with Crippen LogP contribution >= 0.6 is 0 Å². The number of ether oxygens (including phenoxy) is 5. The Bertz CT molecular complexity index is 1390. The van der Waals surface area contributed by atoms with Gasteiger partial charge in [0.25, 0.3) is 0 Å². The van der Waals surface area contributed by atoms with Crippen molar-refractivity contribution in [2.24, 2.45) is 23.7 Å². The van der Waals surface area contributed by atoms with Crippen molar-refractivity contribution in [3.8, 4) is 0 Å². The first kappa shape index (κ1) is 27.4. The molecule has 2 N–H and O–H groups in total. The van der Waals surface area contributed by atoms with Crippen LogP contribution in [0.1, 0.15) is 53.5 Å². The van der Waals surface area contributed by atoms with Crippen molar-refractivity contribution in [1.29, 1.82) is 0 Å². The zero-order valence-electron chi connectivity index (χ0n) is 24.2. The lowest BCUT2D eigenvalue weighted by atomic mass is 9.53.